The van der Waals surface area contributed by atoms with Crippen molar-refractivity contribution in [1.29, 1.82) is 0 Å². The second-order valence-electron chi connectivity index (χ2n) is 16.3. The van der Waals surface area contributed by atoms with E-state index in [4.69, 9.17) is 18.5 Å². The van der Waals surface area contributed by atoms with Crippen molar-refractivity contribution >= 4 is 19.8 Å². The van der Waals surface area contributed by atoms with E-state index in [1.807, 2.05) is 0 Å². The molecule has 0 aliphatic heterocycles. The first-order valence-electron chi connectivity index (χ1n) is 24.6. The molecule has 0 aliphatic rings. The number of likely N-dealkylation sites (N-methyl/N-ethyl adjacent to an activating group) is 1. The number of ether oxygens (including phenoxy) is 2. The Bertz CT molecular complexity index is 1120. The maximum absolute atomic E-state index is 12.7. The van der Waals surface area contributed by atoms with E-state index in [0.717, 1.165) is 57.8 Å². The predicted octanol–water partition coefficient (Wildman–Crippen LogP) is 14.5. The summed E-state index contributed by atoms with van der Waals surface area (Å²) in [6.45, 7) is 4.19. The van der Waals surface area contributed by atoms with Crippen molar-refractivity contribution in [3.8, 4) is 0 Å². The molecule has 2 atom stereocenters. The van der Waals surface area contributed by atoms with Gasteiger partial charge in [0.1, 0.15) is 6.61 Å². The van der Waals surface area contributed by atoms with Crippen LogP contribution in [0.1, 0.15) is 219 Å². The standard InChI is InChI=1S/C50H92NO8P/c1-4-6-8-10-12-14-16-18-20-22-23-24-25-27-29-31-33-35-37-39-41-43-50(53)59-48(47-58-60(54,55)57-45-44-51-3)46-56-49(52)42-40-38-36-34-32-30-28-26-21-19-17-15-13-11-9-7-5-2/h13,15,18-21,28,30,48,51H,4-12,14,16-17,22-27,29,31-47H2,1-3H3,(H,54,55)/b15-13-,20-18-,21-19-,30-28-. The van der Waals surface area contributed by atoms with Gasteiger partial charge in [-0.25, -0.2) is 4.57 Å². The SMILES string of the molecule is CCCCC/C=C\C/C=C\C/C=C\CCCCCCC(=O)OCC(COP(=O)(O)OCCNC)OC(=O)CCCCCCCCCCCCC/C=C\CCCCCCCC. The average Bonchev–Trinajstić information content (AvgIpc) is 3.23. The first-order chi connectivity index (χ1) is 29.3. The minimum atomic E-state index is -4.36. The third-order valence-electron chi connectivity index (χ3n) is 10.4. The van der Waals surface area contributed by atoms with Gasteiger partial charge in [0.15, 0.2) is 6.10 Å². The van der Waals surface area contributed by atoms with Gasteiger partial charge in [-0.1, -0.05) is 178 Å². The lowest BCUT2D eigenvalue weighted by atomic mass is 10.0. The molecular weight excluding hydrogens is 774 g/mol. The Morgan fingerprint density at radius 3 is 1.38 bits per heavy atom. The fourth-order valence-electron chi connectivity index (χ4n) is 6.67. The summed E-state index contributed by atoms with van der Waals surface area (Å²) in [5.74, 6) is -0.829. The van der Waals surface area contributed by atoms with Gasteiger partial charge in [-0.15, -0.1) is 0 Å². The molecule has 0 heterocycles. The van der Waals surface area contributed by atoms with Crippen LogP contribution in [0.5, 0.6) is 0 Å². The lowest BCUT2D eigenvalue weighted by molar-refractivity contribution is -0.161. The molecule has 0 aromatic carbocycles. The van der Waals surface area contributed by atoms with E-state index >= 15 is 0 Å². The summed E-state index contributed by atoms with van der Waals surface area (Å²) in [6.07, 6.45) is 53.0. The normalized spacial score (nSPS) is 13.6. The van der Waals surface area contributed by atoms with E-state index in [1.54, 1.807) is 7.05 Å². The number of hydrogen-bond acceptors (Lipinski definition) is 8. The smallest absolute Gasteiger partial charge is 0.462 e. The molecule has 0 amide bonds. The predicted molar refractivity (Wildman–Crippen MR) is 252 cm³/mol. The van der Waals surface area contributed by atoms with E-state index < -0.39 is 32.5 Å². The number of carbonyl (C=O) groups excluding carboxylic acids is 2. The molecule has 0 aromatic heterocycles. The minimum absolute atomic E-state index is 0.0216. The Hall–Kier alpha value is -2.03. The average molecular weight is 866 g/mol. The van der Waals surface area contributed by atoms with E-state index in [0.29, 0.717) is 19.4 Å². The molecular formula is C50H92NO8P. The van der Waals surface area contributed by atoms with Gasteiger partial charge in [-0.3, -0.25) is 18.6 Å². The first kappa shape index (κ1) is 58.0. The minimum Gasteiger partial charge on any atom is -0.462 e. The van der Waals surface area contributed by atoms with Crippen LogP contribution in [-0.2, 0) is 32.7 Å². The Morgan fingerprint density at radius 1 is 0.517 bits per heavy atom. The summed E-state index contributed by atoms with van der Waals surface area (Å²) in [4.78, 5) is 35.2. The third-order valence-corrected chi connectivity index (χ3v) is 11.4. The molecule has 0 fully saturated rings. The summed E-state index contributed by atoms with van der Waals surface area (Å²) in [5.41, 5.74) is 0. The highest BCUT2D eigenvalue weighted by atomic mass is 31.2. The monoisotopic (exact) mass is 866 g/mol. The maximum atomic E-state index is 12.7. The highest BCUT2D eigenvalue weighted by molar-refractivity contribution is 7.47. The van der Waals surface area contributed by atoms with Crippen molar-refractivity contribution in [3.05, 3.63) is 48.6 Å². The molecule has 0 saturated heterocycles. The number of carbonyl (C=O) groups is 2. The number of phosphoric ester groups is 1. The second kappa shape index (κ2) is 46.5. The highest BCUT2D eigenvalue weighted by Crippen LogP contribution is 2.43. The summed E-state index contributed by atoms with van der Waals surface area (Å²) < 4.78 is 33.3. The van der Waals surface area contributed by atoms with Gasteiger partial charge in [0, 0.05) is 19.4 Å². The molecule has 0 aliphatic carbocycles. The second-order valence-corrected chi connectivity index (χ2v) is 17.7. The number of phosphoric acid groups is 1. The molecule has 60 heavy (non-hydrogen) atoms. The third kappa shape index (κ3) is 45.5. The number of allylic oxidation sites excluding steroid dienone is 8. The van der Waals surface area contributed by atoms with Gasteiger partial charge in [-0.05, 0) is 84.1 Å². The topological polar surface area (TPSA) is 120 Å². The largest absolute Gasteiger partial charge is 0.472 e. The lowest BCUT2D eigenvalue weighted by Gasteiger charge is -2.20. The molecule has 2 N–H and O–H groups in total. The zero-order valence-corrected chi connectivity index (χ0v) is 39.8. The van der Waals surface area contributed by atoms with E-state index in [2.05, 4.69) is 67.8 Å². The summed E-state index contributed by atoms with van der Waals surface area (Å²) >= 11 is 0. The maximum Gasteiger partial charge on any atom is 0.472 e. The van der Waals surface area contributed by atoms with Gasteiger partial charge in [0.25, 0.3) is 0 Å². The van der Waals surface area contributed by atoms with Gasteiger partial charge in [-0.2, -0.15) is 0 Å². The highest BCUT2D eigenvalue weighted by Gasteiger charge is 2.26. The molecule has 10 heteroatoms. The molecule has 9 nitrogen and oxygen atoms in total. The fraction of sp³-hybridized carbons (Fsp3) is 0.800. The zero-order valence-electron chi connectivity index (χ0n) is 38.9. The molecule has 0 radical (unpaired) electrons. The Kier molecular flexibility index (Phi) is 44.9. The van der Waals surface area contributed by atoms with Crippen LogP contribution in [0.2, 0.25) is 0 Å². The van der Waals surface area contributed by atoms with Crippen molar-refractivity contribution in [2.45, 2.75) is 225 Å². The van der Waals surface area contributed by atoms with Crippen molar-refractivity contribution in [3.63, 3.8) is 0 Å². The van der Waals surface area contributed by atoms with E-state index in [9.17, 15) is 19.0 Å². The van der Waals surface area contributed by atoms with Crippen LogP contribution in [0, 0.1) is 0 Å². The van der Waals surface area contributed by atoms with Gasteiger partial charge < -0.3 is 19.7 Å². The molecule has 0 spiro atoms. The van der Waals surface area contributed by atoms with Crippen LogP contribution in [-0.4, -0.2) is 56.3 Å². The molecule has 0 saturated carbocycles. The van der Waals surface area contributed by atoms with Crippen LogP contribution in [0.25, 0.3) is 0 Å². The summed E-state index contributed by atoms with van der Waals surface area (Å²) in [5, 5.41) is 2.83. The Morgan fingerprint density at radius 2 is 0.900 bits per heavy atom. The van der Waals surface area contributed by atoms with Crippen LogP contribution in [0.3, 0.4) is 0 Å². The van der Waals surface area contributed by atoms with Crippen LogP contribution in [0.4, 0.5) is 0 Å². The summed E-state index contributed by atoms with van der Waals surface area (Å²) in [7, 11) is -2.66. The number of esters is 2. The Balaban J connectivity index is 4.17. The van der Waals surface area contributed by atoms with Crippen molar-refractivity contribution in [1.82, 2.24) is 5.32 Å². The van der Waals surface area contributed by atoms with Crippen molar-refractivity contribution in [2.75, 3.05) is 33.4 Å². The van der Waals surface area contributed by atoms with E-state index in [1.165, 1.54) is 122 Å². The first-order valence-corrected chi connectivity index (χ1v) is 26.1. The summed E-state index contributed by atoms with van der Waals surface area (Å²) in [6, 6.07) is 0. The number of rotatable bonds is 46. The number of unbranched alkanes of at least 4 members (excludes halogenated alkanes) is 24. The van der Waals surface area contributed by atoms with Crippen LogP contribution in [0.15, 0.2) is 48.6 Å². The van der Waals surface area contributed by atoms with Crippen LogP contribution < -0.4 is 5.32 Å². The van der Waals surface area contributed by atoms with Gasteiger partial charge in [0.05, 0.1) is 13.2 Å². The van der Waals surface area contributed by atoms with Crippen molar-refractivity contribution < 1.29 is 37.6 Å². The van der Waals surface area contributed by atoms with Gasteiger partial charge in [0.2, 0.25) is 0 Å². The zero-order chi connectivity index (χ0) is 43.9. The molecule has 0 rings (SSSR count). The fourth-order valence-corrected chi connectivity index (χ4v) is 7.42. The van der Waals surface area contributed by atoms with Crippen molar-refractivity contribution in [2.24, 2.45) is 0 Å². The van der Waals surface area contributed by atoms with E-state index in [-0.39, 0.29) is 26.1 Å². The number of hydrogen-bond donors (Lipinski definition) is 2. The molecule has 0 aromatic rings. The molecule has 0 bridgehead atoms. The number of nitrogens with one attached hydrogen (secondary N) is 1. The van der Waals surface area contributed by atoms with Gasteiger partial charge >= 0.3 is 19.8 Å². The molecule has 350 valence electrons. The lowest BCUT2D eigenvalue weighted by Crippen LogP contribution is -2.29. The Labute approximate surface area is 369 Å². The molecule has 2 unspecified atom stereocenters. The quantitative estimate of drug-likeness (QED) is 0.0267. The van der Waals surface area contributed by atoms with Crippen LogP contribution >= 0.6 is 7.82 Å².